The third-order valence-corrected chi connectivity index (χ3v) is 4.64. The molecule has 3 N–H and O–H groups in total. The standard InChI is InChI=1S/C22H20N8O2/c1-13-4-5-15(8-18(13)26-14(2)31)27-21-9-19(22-25-11-16(10-23)30(22)29-21)28-20-7-6-17(32-3)12-24-20/h4-9,11-12H,1-3H3,(H,24,28)(H,26,31)(H,27,29). The summed E-state index contributed by atoms with van der Waals surface area (Å²) in [7, 11) is 1.57. The highest BCUT2D eigenvalue weighted by Gasteiger charge is 2.13. The molecule has 3 heterocycles. The van der Waals surface area contributed by atoms with Crippen LogP contribution >= 0.6 is 0 Å². The van der Waals surface area contributed by atoms with E-state index in [2.05, 4.69) is 37.1 Å². The number of nitrogens with zero attached hydrogens (tertiary/aromatic N) is 5. The highest BCUT2D eigenvalue weighted by Crippen LogP contribution is 2.27. The molecule has 0 spiro atoms. The summed E-state index contributed by atoms with van der Waals surface area (Å²) >= 11 is 0. The summed E-state index contributed by atoms with van der Waals surface area (Å²) in [5.74, 6) is 1.54. The molecule has 0 saturated heterocycles. The van der Waals surface area contributed by atoms with Crippen LogP contribution < -0.4 is 20.7 Å². The Bertz CT molecular complexity index is 1340. The predicted molar refractivity (Wildman–Crippen MR) is 121 cm³/mol. The molecule has 0 fully saturated rings. The fraction of sp³-hybridized carbons (Fsp3) is 0.136. The number of nitrogens with one attached hydrogen (secondary N) is 3. The molecule has 0 radical (unpaired) electrons. The molecule has 0 bridgehead atoms. The number of carbonyl (C=O) groups is 1. The summed E-state index contributed by atoms with van der Waals surface area (Å²) in [4.78, 5) is 20.1. The Morgan fingerprint density at radius 1 is 1.06 bits per heavy atom. The minimum atomic E-state index is -0.152. The second-order valence-corrected chi connectivity index (χ2v) is 6.98. The number of pyridine rings is 1. The van der Waals surface area contributed by atoms with Gasteiger partial charge >= 0.3 is 0 Å². The Morgan fingerprint density at radius 3 is 2.59 bits per heavy atom. The Morgan fingerprint density at radius 2 is 1.91 bits per heavy atom. The molecule has 10 nitrogen and oxygen atoms in total. The lowest BCUT2D eigenvalue weighted by Crippen LogP contribution is -2.08. The van der Waals surface area contributed by atoms with Crippen molar-refractivity contribution < 1.29 is 9.53 Å². The van der Waals surface area contributed by atoms with Gasteiger partial charge in [-0.15, -0.1) is 5.10 Å². The van der Waals surface area contributed by atoms with Crippen molar-refractivity contribution in [3.05, 3.63) is 60.0 Å². The lowest BCUT2D eigenvalue weighted by atomic mass is 10.1. The van der Waals surface area contributed by atoms with E-state index in [0.717, 1.165) is 11.3 Å². The van der Waals surface area contributed by atoms with Gasteiger partial charge in [0.1, 0.15) is 17.6 Å². The van der Waals surface area contributed by atoms with Crippen molar-refractivity contribution in [2.24, 2.45) is 0 Å². The number of aryl methyl sites for hydroxylation is 1. The van der Waals surface area contributed by atoms with E-state index in [1.807, 2.05) is 25.1 Å². The summed E-state index contributed by atoms with van der Waals surface area (Å²) in [6.07, 6.45) is 3.06. The number of amides is 1. The van der Waals surface area contributed by atoms with Crippen molar-refractivity contribution in [2.75, 3.05) is 23.1 Å². The molecule has 160 valence electrons. The monoisotopic (exact) mass is 428 g/mol. The van der Waals surface area contributed by atoms with E-state index in [-0.39, 0.29) is 11.6 Å². The smallest absolute Gasteiger partial charge is 0.221 e. The molecule has 0 unspecified atom stereocenters. The molecule has 4 aromatic rings. The van der Waals surface area contributed by atoms with Crippen LogP contribution in [0.15, 0.2) is 48.8 Å². The molecule has 0 atom stereocenters. The van der Waals surface area contributed by atoms with Crippen LogP contribution in [0.25, 0.3) is 5.65 Å². The summed E-state index contributed by atoms with van der Waals surface area (Å²) in [6, 6.07) is 13.0. The van der Waals surface area contributed by atoms with E-state index in [1.54, 1.807) is 31.5 Å². The number of aromatic nitrogens is 4. The summed E-state index contributed by atoms with van der Waals surface area (Å²) in [5, 5.41) is 23.2. The topological polar surface area (TPSA) is 129 Å². The average molecular weight is 428 g/mol. The van der Waals surface area contributed by atoms with Gasteiger partial charge in [0.05, 0.1) is 25.2 Å². The maximum atomic E-state index is 11.5. The Hall–Kier alpha value is -4.65. The van der Waals surface area contributed by atoms with Gasteiger partial charge in [0.2, 0.25) is 5.91 Å². The van der Waals surface area contributed by atoms with E-state index in [4.69, 9.17) is 4.74 Å². The number of nitriles is 1. The maximum Gasteiger partial charge on any atom is 0.221 e. The third kappa shape index (κ3) is 4.27. The van der Waals surface area contributed by atoms with Gasteiger partial charge in [0, 0.05) is 24.4 Å². The number of anilines is 5. The summed E-state index contributed by atoms with van der Waals surface area (Å²) < 4.78 is 6.60. The molecular formula is C22H20N8O2. The predicted octanol–water partition coefficient (Wildman–Crippen LogP) is 3.76. The molecule has 0 aliphatic carbocycles. The molecule has 10 heteroatoms. The number of hydrogen-bond donors (Lipinski definition) is 3. The summed E-state index contributed by atoms with van der Waals surface area (Å²) in [6.45, 7) is 3.37. The number of rotatable bonds is 6. The van der Waals surface area contributed by atoms with Gasteiger partial charge in [-0.2, -0.15) is 9.78 Å². The Balaban J connectivity index is 1.72. The molecule has 1 amide bonds. The van der Waals surface area contributed by atoms with Crippen LogP contribution in [0.5, 0.6) is 5.75 Å². The van der Waals surface area contributed by atoms with E-state index >= 15 is 0 Å². The van der Waals surface area contributed by atoms with Crippen molar-refractivity contribution in [3.8, 4) is 11.8 Å². The van der Waals surface area contributed by atoms with Crippen molar-refractivity contribution in [2.45, 2.75) is 13.8 Å². The number of ether oxygens (including phenoxy) is 1. The number of fused-ring (bicyclic) bond motifs is 1. The first-order valence-corrected chi connectivity index (χ1v) is 9.68. The number of benzene rings is 1. The van der Waals surface area contributed by atoms with Gasteiger partial charge in [0.15, 0.2) is 17.2 Å². The van der Waals surface area contributed by atoms with Crippen LogP contribution in [-0.2, 0) is 4.79 Å². The first-order valence-electron chi connectivity index (χ1n) is 9.68. The number of methoxy groups -OCH3 is 1. The van der Waals surface area contributed by atoms with E-state index in [0.29, 0.717) is 34.4 Å². The maximum absolute atomic E-state index is 11.5. The number of carbonyl (C=O) groups excluding carboxylic acids is 1. The molecule has 0 saturated carbocycles. The molecule has 0 aliphatic heterocycles. The Kier molecular flexibility index (Phi) is 5.55. The normalized spacial score (nSPS) is 10.4. The first kappa shape index (κ1) is 20.6. The Labute approximate surface area is 183 Å². The third-order valence-electron chi connectivity index (χ3n) is 4.64. The first-order chi connectivity index (χ1) is 15.5. The largest absolute Gasteiger partial charge is 0.495 e. The van der Waals surface area contributed by atoms with Crippen LogP contribution in [-0.4, -0.2) is 32.6 Å². The molecule has 32 heavy (non-hydrogen) atoms. The van der Waals surface area contributed by atoms with Gasteiger partial charge in [-0.05, 0) is 36.8 Å². The number of hydrogen-bond acceptors (Lipinski definition) is 8. The minimum Gasteiger partial charge on any atom is -0.495 e. The van der Waals surface area contributed by atoms with E-state index in [9.17, 15) is 10.1 Å². The lowest BCUT2D eigenvalue weighted by Gasteiger charge is -2.13. The fourth-order valence-electron chi connectivity index (χ4n) is 3.08. The van der Waals surface area contributed by atoms with Crippen molar-refractivity contribution in [3.63, 3.8) is 0 Å². The van der Waals surface area contributed by atoms with Gasteiger partial charge in [0.25, 0.3) is 0 Å². The van der Waals surface area contributed by atoms with Crippen molar-refractivity contribution in [1.82, 2.24) is 19.6 Å². The molecular weight excluding hydrogens is 408 g/mol. The zero-order chi connectivity index (χ0) is 22.7. The average Bonchev–Trinajstić information content (AvgIpc) is 3.19. The molecule has 1 aromatic carbocycles. The quantitative estimate of drug-likeness (QED) is 0.423. The van der Waals surface area contributed by atoms with Gasteiger partial charge in [-0.1, -0.05) is 6.07 Å². The molecule has 0 aliphatic rings. The highest BCUT2D eigenvalue weighted by molar-refractivity contribution is 5.90. The van der Waals surface area contributed by atoms with Crippen LogP contribution in [0.1, 0.15) is 18.2 Å². The second kappa shape index (κ2) is 8.61. The van der Waals surface area contributed by atoms with Crippen LogP contribution in [0.2, 0.25) is 0 Å². The highest BCUT2D eigenvalue weighted by atomic mass is 16.5. The molecule has 3 aromatic heterocycles. The number of imidazole rings is 1. The SMILES string of the molecule is COc1ccc(Nc2cc(Nc3ccc(C)c(NC(C)=O)c3)nn3c(C#N)cnc23)nc1. The zero-order valence-electron chi connectivity index (χ0n) is 17.7. The molecule has 4 rings (SSSR count). The van der Waals surface area contributed by atoms with Crippen LogP contribution in [0, 0.1) is 18.3 Å². The zero-order valence-corrected chi connectivity index (χ0v) is 17.7. The van der Waals surface area contributed by atoms with E-state index < -0.39 is 0 Å². The van der Waals surface area contributed by atoms with Crippen molar-refractivity contribution in [1.29, 1.82) is 5.26 Å². The van der Waals surface area contributed by atoms with Crippen LogP contribution in [0.4, 0.5) is 28.7 Å². The fourth-order valence-corrected chi connectivity index (χ4v) is 3.08. The van der Waals surface area contributed by atoms with Crippen LogP contribution in [0.3, 0.4) is 0 Å². The lowest BCUT2D eigenvalue weighted by molar-refractivity contribution is -0.114. The van der Waals surface area contributed by atoms with Crippen molar-refractivity contribution >= 4 is 40.3 Å². The van der Waals surface area contributed by atoms with Gasteiger partial charge in [-0.25, -0.2) is 9.97 Å². The van der Waals surface area contributed by atoms with Gasteiger partial charge < -0.3 is 20.7 Å². The second-order valence-electron chi connectivity index (χ2n) is 6.98. The summed E-state index contributed by atoms with van der Waals surface area (Å²) in [5.41, 5.74) is 3.73. The van der Waals surface area contributed by atoms with Gasteiger partial charge in [-0.3, -0.25) is 4.79 Å². The van der Waals surface area contributed by atoms with E-state index in [1.165, 1.54) is 17.6 Å². The minimum absolute atomic E-state index is 0.152.